The highest BCUT2D eigenvalue weighted by Crippen LogP contribution is 2.28. The number of nitrogens with one attached hydrogen (secondary N) is 1. The average Bonchev–Trinajstić information content (AvgIpc) is 3.01. The molecule has 1 N–H and O–H groups in total. The molecule has 1 atom stereocenters. The van der Waals surface area contributed by atoms with Gasteiger partial charge in [-0.15, -0.1) is 0 Å². The van der Waals surface area contributed by atoms with Crippen LogP contribution in [0, 0.1) is 12.7 Å². The first-order chi connectivity index (χ1) is 20.6. The van der Waals surface area contributed by atoms with Gasteiger partial charge in [-0.1, -0.05) is 90.0 Å². The van der Waals surface area contributed by atoms with Crippen molar-refractivity contribution in [2.24, 2.45) is 0 Å². The molecule has 0 aliphatic rings. The molecule has 0 unspecified atom stereocenters. The Kier molecular flexibility index (Phi) is 10.6. The molecule has 4 aromatic rings. The molecule has 224 valence electrons. The Morgan fingerprint density at radius 3 is 2.12 bits per heavy atom. The van der Waals surface area contributed by atoms with E-state index in [4.69, 9.17) is 11.6 Å². The number of anilines is 1. The number of carbonyl (C=O) groups is 2. The molecule has 0 saturated heterocycles. The number of nitrogens with zero attached hydrogens (tertiary/aromatic N) is 2. The van der Waals surface area contributed by atoms with Crippen LogP contribution in [0.5, 0.6) is 0 Å². The van der Waals surface area contributed by atoms with Crippen LogP contribution >= 0.6 is 11.6 Å². The molecule has 0 fully saturated rings. The SMILES string of the molecule is CCNC(=O)[C@H](Cc1ccccc1)N(Cc1ccc(C)cc1)C(=O)CN(c1ccc(F)c(Cl)c1)S(=O)(=O)c1ccccc1. The van der Waals surface area contributed by atoms with Crippen LogP contribution in [-0.2, 0) is 32.6 Å². The van der Waals surface area contributed by atoms with E-state index in [0.29, 0.717) is 6.54 Å². The zero-order valence-corrected chi connectivity index (χ0v) is 25.5. The van der Waals surface area contributed by atoms with Gasteiger partial charge >= 0.3 is 0 Å². The molecule has 4 rings (SSSR count). The Balaban J connectivity index is 1.80. The van der Waals surface area contributed by atoms with Gasteiger partial charge in [0.25, 0.3) is 10.0 Å². The van der Waals surface area contributed by atoms with Crippen LogP contribution < -0.4 is 9.62 Å². The Bertz CT molecular complexity index is 1650. The molecule has 0 aromatic heterocycles. The van der Waals surface area contributed by atoms with Gasteiger partial charge in [0.05, 0.1) is 15.6 Å². The van der Waals surface area contributed by atoms with E-state index in [9.17, 15) is 22.4 Å². The summed E-state index contributed by atoms with van der Waals surface area (Å²) in [6, 6.07) is 27.0. The molecular formula is C33H33ClFN3O4S. The van der Waals surface area contributed by atoms with Gasteiger partial charge in [-0.05, 0) is 55.3 Å². The van der Waals surface area contributed by atoms with Crippen LogP contribution in [0.1, 0.15) is 23.6 Å². The van der Waals surface area contributed by atoms with Crippen LogP contribution in [0.15, 0.2) is 108 Å². The number of likely N-dealkylation sites (N-methyl/N-ethyl adjacent to an activating group) is 1. The van der Waals surface area contributed by atoms with Crippen LogP contribution in [-0.4, -0.2) is 44.3 Å². The second-order valence-corrected chi connectivity index (χ2v) is 12.3. The number of carbonyl (C=O) groups excluding carboxylic acids is 2. The summed E-state index contributed by atoms with van der Waals surface area (Å²) in [5, 5.41) is 2.53. The monoisotopic (exact) mass is 621 g/mol. The summed E-state index contributed by atoms with van der Waals surface area (Å²) in [5.74, 6) is -1.71. The van der Waals surface area contributed by atoms with E-state index in [1.54, 1.807) is 25.1 Å². The van der Waals surface area contributed by atoms with Crippen molar-refractivity contribution in [3.05, 3.63) is 131 Å². The molecule has 2 amide bonds. The van der Waals surface area contributed by atoms with Crippen LogP contribution in [0.25, 0.3) is 0 Å². The van der Waals surface area contributed by atoms with E-state index in [1.165, 1.54) is 29.2 Å². The molecule has 0 radical (unpaired) electrons. The summed E-state index contributed by atoms with van der Waals surface area (Å²) in [6.45, 7) is 3.47. The maximum atomic E-state index is 14.3. The van der Waals surface area contributed by atoms with Crippen molar-refractivity contribution < 1.29 is 22.4 Å². The Hall–Kier alpha value is -4.21. The third-order valence-electron chi connectivity index (χ3n) is 6.90. The van der Waals surface area contributed by atoms with Crippen molar-refractivity contribution in [3.8, 4) is 0 Å². The molecule has 0 aliphatic carbocycles. The summed E-state index contributed by atoms with van der Waals surface area (Å²) in [6.07, 6.45) is 0.206. The topological polar surface area (TPSA) is 86.8 Å². The molecule has 10 heteroatoms. The van der Waals surface area contributed by atoms with E-state index in [1.807, 2.05) is 61.5 Å². The highest BCUT2D eigenvalue weighted by atomic mass is 35.5. The fraction of sp³-hybridized carbons (Fsp3) is 0.212. The highest BCUT2D eigenvalue weighted by molar-refractivity contribution is 7.92. The Morgan fingerprint density at radius 2 is 1.51 bits per heavy atom. The maximum Gasteiger partial charge on any atom is 0.264 e. The van der Waals surface area contributed by atoms with E-state index in [-0.39, 0.29) is 34.5 Å². The number of rotatable bonds is 12. The van der Waals surface area contributed by atoms with Crippen molar-refractivity contribution in [2.45, 2.75) is 37.8 Å². The minimum atomic E-state index is -4.30. The number of amides is 2. The first kappa shape index (κ1) is 31.7. The Morgan fingerprint density at radius 1 is 0.884 bits per heavy atom. The maximum absolute atomic E-state index is 14.3. The smallest absolute Gasteiger partial charge is 0.264 e. The van der Waals surface area contributed by atoms with E-state index in [2.05, 4.69) is 5.32 Å². The van der Waals surface area contributed by atoms with E-state index in [0.717, 1.165) is 27.1 Å². The fourth-order valence-electron chi connectivity index (χ4n) is 4.62. The molecule has 0 saturated carbocycles. The van der Waals surface area contributed by atoms with Gasteiger partial charge in [-0.2, -0.15) is 0 Å². The van der Waals surface area contributed by atoms with Crippen LogP contribution in [0.2, 0.25) is 5.02 Å². The quantitative estimate of drug-likeness (QED) is 0.218. The van der Waals surface area contributed by atoms with Crippen molar-refractivity contribution in [2.75, 3.05) is 17.4 Å². The van der Waals surface area contributed by atoms with Crippen LogP contribution in [0.4, 0.5) is 10.1 Å². The van der Waals surface area contributed by atoms with Gasteiger partial charge in [-0.25, -0.2) is 12.8 Å². The lowest BCUT2D eigenvalue weighted by Crippen LogP contribution is -2.53. The van der Waals surface area contributed by atoms with E-state index < -0.39 is 34.3 Å². The molecular weight excluding hydrogens is 589 g/mol. The van der Waals surface area contributed by atoms with Crippen molar-refractivity contribution in [1.29, 1.82) is 0 Å². The van der Waals surface area contributed by atoms with Gasteiger partial charge in [0, 0.05) is 19.5 Å². The van der Waals surface area contributed by atoms with Crippen LogP contribution in [0.3, 0.4) is 0 Å². The lowest BCUT2D eigenvalue weighted by atomic mass is 10.0. The van der Waals surface area contributed by atoms with Crippen molar-refractivity contribution in [3.63, 3.8) is 0 Å². The average molecular weight is 622 g/mol. The zero-order chi connectivity index (χ0) is 31.0. The third-order valence-corrected chi connectivity index (χ3v) is 8.97. The molecule has 0 bridgehead atoms. The number of benzene rings is 4. The largest absolute Gasteiger partial charge is 0.355 e. The third kappa shape index (κ3) is 8.00. The number of sulfonamides is 1. The summed E-state index contributed by atoms with van der Waals surface area (Å²) in [7, 11) is -4.30. The minimum absolute atomic E-state index is 0.0107. The predicted molar refractivity (Wildman–Crippen MR) is 167 cm³/mol. The van der Waals surface area contributed by atoms with Gasteiger partial charge in [-0.3, -0.25) is 13.9 Å². The number of hydrogen-bond acceptors (Lipinski definition) is 4. The Labute approximate surface area is 257 Å². The zero-order valence-electron chi connectivity index (χ0n) is 23.9. The van der Waals surface area contributed by atoms with Gasteiger partial charge in [0.2, 0.25) is 11.8 Å². The highest BCUT2D eigenvalue weighted by Gasteiger charge is 2.34. The van der Waals surface area contributed by atoms with Gasteiger partial charge in [0.15, 0.2) is 0 Å². The summed E-state index contributed by atoms with van der Waals surface area (Å²) in [4.78, 5) is 29.1. The minimum Gasteiger partial charge on any atom is -0.355 e. The second-order valence-electron chi connectivity index (χ2n) is 10.0. The number of halogens is 2. The molecule has 0 spiro atoms. The standard InChI is InChI=1S/C33H33ClFN3O4S/c1-3-36-33(40)31(20-25-10-6-4-7-11-25)37(22-26-16-14-24(2)15-17-26)32(39)23-38(27-18-19-30(35)29(34)21-27)43(41,42)28-12-8-5-9-13-28/h4-19,21,31H,3,20,22-23H2,1-2H3,(H,36,40)/t31-/m0/s1. The van der Waals surface area contributed by atoms with Crippen molar-refractivity contribution >= 4 is 39.1 Å². The molecule has 0 aliphatic heterocycles. The molecule has 43 heavy (non-hydrogen) atoms. The van der Waals surface area contributed by atoms with E-state index >= 15 is 0 Å². The lowest BCUT2D eigenvalue weighted by Gasteiger charge is -2.34. The molecule has 7 nitrogen and oxygen atoms in total. The fourth-order valence-corrected chi connectivity index (χ4v) is 6.23. The summed E-state index contributed by atoms with van der Waals surface area (Å²) >= 11 is 6.05. The first-order valence-corrected chi connectivity index (χ1v) is 15.6. The van der Waals surface area contributed by atoms with Crippen molar-refractivity contribution in [1.82, 2.24) is 10.2 Å². The number of aryl methyl sites for hydroxylation is 1. The van der Waals surface area contributed by atoms with Gasteiger partial charge < -0.3 is 10.2 Å². The number of hydrogen-bond donors (Lipinski definition) is 1. The summed E-state index contributed by atoms with van der Waals surface area (Å²) in [5.41, 5.74) is 2.64. The molecule has 0 heterocycles. The van der Waals surface area contributed by atoms with Gasteiger partial charge in [0.1, 0.15) is 18.4 Å². The normalized spacial score (nSPS) is 11.9. The first-order valence-electron chi connectivity index (χ1n) is 13.8. The summed E-state index contributed by atoms with van der Waals surface area (Å²) < 4.78 is 42.8. The lowest BCUT2D eigenvalue weighted by molar-refractivity contribution is -0.140. The predicted octanol–water partition coefficient (Wildman–Crippen LogP) is 5.76. The molecule has 4 aromatic carbocycles. The second kappa shape index (κ2) is 14.3.